The molecule has 3 saturated carbocycles. The van der Waals surface area contributed by atoms with Crippen molar-refractivity contribution in [3.8, 4) is 5.75 Å². The van der Waals surface area contributed by atoms with E-state index in [1.807, 2.05) is 17.0 Å². The number of nitrogens with zero attached hydrogens (tertiary/aromatic N) is 5. The van der Waals surface area contributed by atoms with E-state index in [1.165, 1.54) is 30.5 Å². The van der Waals surface area contributed by atoms with Crippen molar-refractivity contribution in [2.75, 3.05) is 38.6 Å². The van der Waals surface area contributed by atoms with E-state index in [2.05, 4.69) is 36.0 Å². The summed E-state index contributed by atoms with van der Waals surface area (Å²) in [4.78, 5) is 39.6. The largest absolute Gasteiger partial charge is 0.497 e. The average molecular weight is 617 g/mol. The third-order valence-electron chi connectivity index (χ3n) is 10.8. The second-order valence-corrected chi connectivity index (χ2v) is 13.6. The molecule has 3 aromatic rings. The summed E-state index contributed by atoms with van der Waals surface area (Å²) >= 11 is 0. The fraction of sp³-hybridized carbons (Fsp3) is 0.543. The highest BCUT2D eigenvalue weighted by Gasteiger charge is 2.56. The van der Waals surface area contributed by atoms with Crippen molar-refractivity contribution in [2.24, 2.45) is 28.2 Å². The van der Waals surface area contributed by atoms with Crippen LogP contribution in [0.3, 0.4) is 0 Å². The average Bonchev–Trinajstić information content (AvgIpc) is 3.28. The lowest BCUT2D eigenvalue weighted by atomic mass is 9.45. The zero-order valence-corrected chi connectivity index (χ0v) is 27.1. The number of halogens is 1. The molecule has 2 aromatic carbocycles. The van der Waals surface area contributed by atoms with E-state index in [4.69, 9.17) is 9.73 Å². The van der Waals surface area contributed by atoms with Gasteiger partial charge in [-0.2, -0.15) is 0 Å². The Kier molecular flexibility index (Phi) is 8.59. The molecule has 1 saturated heterocycles. The van der Waals surface area contributed by atoms with Crippen LogP contribution in [0, 0.1) is 29.0 Å². The van der Waals surface area contributed by atoms with Crippen molar-refractivity contribution in [3.05, 3.63) is 64.5 Å². The molecule has 1 amide bonds. The molecular weight excluding hydrogens is 571 g/mol. The van der Waals surface area contributed by atoms with Crippen LogP contribution in [0.1, 0.15) is 52.5 Å². The lowest BCUT2D eigenvalue weighted by Crippen LogP contribution is -2.56. The van der Waals surface area contributed by atoms with Crippen LogP contribution in [0.5, 0.6) is 5.75 Å². The first-order chi connectivity index (χ1) is 21.5. The van der Waals surface area contributed by atoms with Crippen LogP contribution in [-0.4, -0.2) is 70.5 Å². The number of hydrogen-bond acceptors (Lipinski definition) is 5. The van der Waals surface area contributed by atoms with Crippen molar-refractivity contribution in [1.82, 2.24) is 19.4 Å². The Hall–Kier alpha value is -3.95. The lowest BCUT2D eigenvalue weighted by Gasteiger charge is -2.61. The van der Waals surface area contributed by atoms with E-state index in [9.17, 15) is 14.0 Å². The van der Waals surface area contributed by atoms with Gasteiger partial charge in [-0.1, -0.05) is 26.8 Å². The summed E-state index contributed by atoms with van der Waals surface area (Å²) in [6, 6.07) is 10.6. The molecule has 4 aliphatic rings. The number of aliphatic imine (C=N–C) groups is 1. The molecule has 4 fully saturated rings. The van der Waals surface area contributed by atoms with Crippen LogP contribution in [0.25, 0.3) is 10.9 Å². The van der Waals surface area contributed by atoms with Crippen molar-refractivity contribution in [2.45, 2.75) is 66.0 Å². The molecule has 1 N–H and O–H groups in total. The van der Waals surface area contributed by atoms with E-state index in [0.717, 1.165) is 37.6 Å². The highest BCUT2D eigenvalue weighted by atomic mass is 19.1. The summed E-state index contributed by atoms with van der Waals surface area (Å²) in [5.74, 6) is 2.89. The first-order valence-corrected chi connectivity index (χ1v) is 16.2. The number of anilines is 1. The molecule has 7 rings (SSSR count). The number of nitrogens with one attached hydrogen (secondary N) is 1. The molecule has 1 aromatic heterocycles. The highest BCUT2D eigenvalue weighted by Crippen LogP contribution is 2.61. The number of amides is 1. The van der Waals surface area contributed by atoms with Gasteiger partial charge in [-0.3, -0.25) is 14.2 Å². The quantitative estimate of drug-likeness (QED) is 0.303. The molecule has 0 radical (unpaired) electrons. The molecule has 0 spiro atoms. The van der Waals surface area contributed by atoms with Gasteiger partial charge >= 0.3 is 0 Å². The summed E-state index contributed by atoms with van der Waals surface area (Å²) in [5.41, 5.74) is 2.13. The van der Waals surface area contributed by atoms with E-state index in [0.29, 0.717) is 71.4 Å². The van der Waals surface area contributed by atoms with Gasteiger partial charge in [0.15, 0.2) is 5.96 Å². The van der Waals surface area contributed by atoms with E-state index >= 15 is 0 Å². The summed E-state index contributed by atoms with van der Waals surface area (Å²) in [6.45, 7) is 12.0. The van der Waals surface area contributed by atoms with Crippen LogP contribution in [0.2, 0.25) is 0 Å². The minimum Gasteiger partial charge on any atom is -0.497 e. The number of methoxy groups -OCH3 is 1. The molecule has 240 valence electrons. The number of hydrogen-bond donors (Lipinski definition) is 1. The molecule has 10 heteroatoms. The van der Waals surface area contributed by atoms with Crippen LogP contribution in [-0.2, 0) is 17.8 Å². The number of guanidine groups is 1. The number of carbonyl (C=O) groups excluding carboxylic acids is 1. The molecule has 9 nitrogen and oxygen atoms in total. The standard InChI is InChI=1S/C35H45FN6O3/c1-22-29-17-25(35(29,3)4)18-31(22)39-34(41-13-6-12-40(15-16-41)23(2)43)38-26-8-10-28-32(19-26)37-21-42(33(28)44)14-11-24-7-9-27(45-5)20-30(24)36/h7-10,19-22,25,29,31H,6,11-18H2,1-5H3,(H,38,39)/t22-,25-,29-,31?/m1/s1. The van der Waals surface area contributed by atoms with Gasteiger partial charge in [0.1, 0.15) is 11.6 Å². The number of aryl methyl sites for hydroxylation is 2. The minimum absolute atomic E-state index is 0.104. The number of ether oxygens (including phenoxy) is 1. The van der Waals surface area contributed by atoms with Gasteiger partial charge < -0.3 is 19.9 Å². The number of carbonyl (C=O) groups is 1. The SMILES string of the molecule is COc1ccc(CCn2cnc3cc(NC(=NC4C[C@H]5C[C@H]([C@H]4C)C5(C)C)N4CCCN(C(C)=O)CC4)ccc3c2=O)c(F)c1. The molecule has 45 heavy (non-hydrogen) atoms. The van der Waals surface area contributed by atoms with E-state index < -0.39 is 0 Å². The Bertz CT molecular complexity index is 1670. The number of benzene rings is 2. The number of rotatable bonds is 6. The predicted octanol–water partition coefficient (Wildman–Crippen LogP) is 5.18. The summed E-state index contributed by atoms with van der Waals surface area (Å²) in [6.07, 6.45) is 5.15. The Balaban J connectivity index is 1.23. The molecular formula is C35H45FN6O3. The third kappa shape index (κ3) is 6.16. The zero-order valence-electron chi connectivity index (χ0n) is 27.1. The van der Waals surface area contributed by atoms with Gasteiger partial charge in [0.25, 0.3) is 5.56 Å². The first-order valence-electron chi connectivity index (χ1n) is 16.2. The van der Waals surface area contributed by atoms with Crippen LogP contribution in [0.4, 0.5) is 10.1 Å². The predicted molar refractivity (Wildman–Crippen MR) is 175 cm³/mol. The number of aromatic nitrogens is 2. The summed E-state index contributed by atoms with van der Waals surface area (Å²) in [5, 5.41) is 4.11. The topological polar surface area (TPSA) is 92.1 Å². The van der Waals surface area contributed by atoms with Gasteiger partial charge in [0.05, 0.1) is 30.4 Å². The minimum atomic E-state index is -0.355. The maximum absolute atomic E-state index is 14.5. The molecule has 4 atom stereocenters. The van der Waals surface area contributed by atoms with Gasteiger partial charge in [0.2, 0.25) is 5.91 Å². The Morgan fingerprint density at radius 3 is 2.60 bits per heavy atom. The lowest BCUT2D eigenvalue weighted by molar-refractivity contribution is -0.128. The Morgan fingerprint density at radius 2 is 1.89 bits per heavy atom. The Labute approximate surface area is 264 Å². The summed E-state index contributed by atoms with van der Waals surface area (Å²) in [7, 11) is 1.50. The third-order valence-corrected chi connectivity index (χ3v) is 10.8. The maximum atomic E-state index is 14.5. The van der Waals surface area contributed by atoms with Gasteiger partial charge in [-0.25, -0.2) is 14.4 Å². The summed E-state index contributed by atoms with van der Waals surface area (Å²) < 4.78 is 21.1. The van der Waals surface area contributed by atoms with Crippen LogP contribution >= 0.6 is 0 Å². The normalized spacial score (nSPS) is 24.6. The molecule has 1 aliphatic heterocycles. The smallest absolute Gasteiger partial charge is 0.261 e. The van der Waals surface area contributed by atoms with Crippen molar-refractivity contribution < 1.29 is 13.9 Å². The molecule has 2 heterocycles. The van der Waals surface area contributed by atoms with Crippen LogP contribution < -0.4 is 15.6 Å². The fourth-order valence-corrected chi connectivity index (χ4v) is 7.71. The van der Waals surface area contributed by atoms with Gasteiger partial charge in [-0.05, 0) is 78.7 Å². The fourth-order valence-electron chi connectivity index (χ4n) is 7.71. The molecule has 1 unspecified atom stereocenters. The molecule has 2 bridgehead atoms. The van der Waals surface area contributed by atoms with Gasteiger partial charge in [0, 0.05) is 51.4 Å². The zero-order chi connectivity index (χ0) is 31.9. The van der Waals surface area contributed by atoms with Crippen molar-refractivity contribution in [3.63, 3.8) is 0 Å². The number of fused-ring (bicyclic) bond motifs is 3. The second-order valence-electron chi connectivity index (χ2n) is 13.6. The Morgan fingerprint density at radius 1 is 1.11 bits per heavy atom. The van der Waals surface area contributed by atoms with Crippen LogP contribution in [0.15, 0.2) is 52.5 Å². The monoisotopic (exact) mass is 616 g/mol. The van der Waals surface area contributed by atoms with Crippen molar-refractivity contribution in [1.29, 1.82) is 0 Å². The van der Waals surface area contributed by atoms with Gasteiger partial charge in [-0.15, -0.1) is 0 Å². The van der Waals surface area contributed by atoms with Crippen molar-refractivity contribution >= 4 is 28.5 Å². The second kappa shape index (κ2) is 12.4. The highest BCUT2D eigenvalue weighted by molar-refractivity contribution is 5.96. The maximum Gasteiger partial charge on any atom is 0.261 e. The van der Waals surface area contributed by atoms with E-state index in [1.54, 1.807) is 25.1 Å². The van der Waals surface area contributed by atoms with E-state index in [-0.39, 0.29) is 23.3 Å². The first kappa shape index (κ1) is 31.0. The molecule has 3 aliphatic carbocycles.